The topological polar surface area (TPSA) is 118 Å². The molecule has 0 aliphatic carbocycles. The van der Waals surface area contributed by atoms with Gasteiger partial charge in [-0.05, 0) is 35.2 Å². The van der Waals surface area contributed by atoms with Gasteiger partial charge in [-0.1, -0.05) is 19.1 Å². The highest BCUT2D eigenvalue weighted by Gasteiger charge is 2.16. The highest BCUT2D eigenvalue weighted by molar-refractivity contribution is 7.87. The third-order valence-corrected chi connectivity index (χ3v) is 4.61. The van der Waals surface area contributed by atoms with Crippen LogP contribution in [0.1, 0.15) is 18.1 Å². The first kappa shape index (κ1) is 21.0. The van der Waals surface area contributed by atoms with Gasteiger partial charge in [0.15, 0.2) is 0 Å². The van der Waals surface area contributed by atoms with E-state index in [4.69, 9.17) is 5.14 Å². The summed E-state index contributed by atoms with van der Waals surface area (Å²) in [5, 5.41) is 5.59. The summed E-state index contributed by atoms with van der Waals surface area (Å²) >= 11 is 0. The van der Waals surface area contributed by atoms with Gasteiger partial charge in [-0.15, -0.1) is 12.4 Å². The van der Waals surface area contributed by atoms with Gasteiger partial charge in [-0.2, -0.15) is 13.1 Å². The van der Waals surface area contributed by atoms with E-state index in [0.29, 0.717) is 28.6 Å². The molecule has 144 valence electrons. The number of hydrogen-bond donors (Lipinski definition) is 3. The van der Waals surface area contributed by atoms with Crippen LogP contribution >= 0.6 is 12.4 Å². The number of halogens is 2. The maximum Gasteiger partial charge on any atom is 0.274 e. The number of pyridine rings is 2. The molecule has 0 radical (unpaired) electrons. The van der Waals surface area contributed by atoms with E-state index in [-0.39, 0.29) is 30.1 Å². The fourth-order valence-electron chi connectivity index (χ4n) is 2.88. The molecule has 10 heteroatoms. The van der Waals surface area contributed by atoms with Crippen LogP contribution in [0.15, 0.2) is 41.3 Å². The minimum atomic E-state index is -3.91. The molecule has 0 unspecified atom stereocenters. The van der Waals surface area contributed by atoms with Gasteiger partial charge in [0.2, 0.25) is 5.56 Å². The Labute approximate surface area is 161 Å². The number of fused-ring (bicyclic) bond motifs is 1. The second kappa shape index (κ2) is 8.13. The lowest BCUT2D eigenvalue weighted by Gasteiger charge is -2.14. The Kier molecular flexibility index (Phi) is 6.32. The largest absolute Gasteiger partial charge is 0.307 e. The summed E-state index contributed by atoms with van der Waals surface area (Å²) in [5.41, 5.74) is 2.17. The van der Waals surface area contributed by atoms with E-state index in [1.165, 1.54) is 12.1 Å². The van der Waals surface area contributed by atoms with Gasteiger partial charge in [0, 0.05) is 29.8 Å². The molecule has 0 aliphatic heterocycles. The monoisotopic (exact) mass is 412 g/mol. The lowest BCUT2D eigenvalue weighted by Crippen LogP contribution is -2.30. The van der Waals surface area contributed by atoms with Crippen molar-refractivity contribution in [3.8, 4) is 11.1 Å². The van der Waals surface area contributed by atoms with Crippen LogP contribution in [0.2, 0.25) is 0 Å². The molecule has 0 amide bonds. The summed E-state index contributed by atoms with van der Waals surface area (Å²) in [7, 11) is -3.91. The zero-order valence-corrected chi connectivity index (χ0v) is 16.0. The molecule has 0 spiro atoms. The van der Waals surface area contributed by atoms with E-state index < -0.39 is 16.0 Å². The van der Waals surface area contributed by atoms with Crippen molar-refractivity contribution in [3.05, 3.63) is 63.8 Å². The molecule has 27 heavy (non-hydrogen) atoms. The quantitative estimate of drug-likeness (QED) is 0.594. The normalized spacial score (nSPS) is 11.4. The SMILES string of the molecule is CCc1c(-c2ccnc3[nH]c(=O)ccc23)ccc(CNS(N)(=O)=O)c1F.Cl. The minimum absolute atomic E-state index is 0. The maximum atomic E-state index is 14.9. The minimum Gasteiger partial charge on any atom is -0.307 e. The summed E-state index contributed by atoms with van der Waals surface area (Å²) in [6.07, 6.45) is 1.94. The number of aromatic amines is 1. The fourth-order valence-corrected chi connectivity index (χ4v) is 3.23. The molecule has 0 fully saturated rings. The second-order valence-corrected chi connectivity index (χ2v) is 7.11. The Morgan fingerprint density at radius 1 is 1.19 bits per heavy atom. The highest BCUT2D eigenvalue weighted by Crippen LogP contribution is 2.32. The van der Waals surface area contributed by atoms with Crippen molar-refractivity contribution in [2.75, 3.05) is 0 Å². The van der Waals surface area contributed by atoms with Crippen LogP contribution in [-0.4, -0.2) is 18.4 Å². The van der Waals surface area contributed by atoms with Gasteiger partial charge in [0.1, 0.15) is 11.5 Å². The van der Waals surface area contributed by atoms with Crippen LogP contribution < -0.4 is 15.4 Å². The highest BCUT2D eigenvalue weighted by atomic mass is 35.5. The first-order valence-corrected chi connectivity index (χ1v) is 9.41. The van der Waals surface area contributed by atoms with Crippen LogP contribution in [0.5, 0.6) is 0 Å². The van der Waals surface area contributed by atoms with Crippen molar-refractivity contribution in [2.45, 2.75) is 19.9 Å². The number of nitrogens with zero attached hydrogens (tertiary/aromatic N) is 1. The van der Waals surface area contributed by atoms with Gasteiger partial charge in [-0.3, -0.25) is 4.79 Å². The van der Waals surface area contributed by atoms with E-state index >= 15 is 0 Å². The first-order chi connectivity index (χ1) is 12.3. The number of aromatic nitrogens is 2. The average Bonchev–Trinajstić information content (AvgIpc) is 2.59. The Hall–Kier alpha value is -2.33. The van der Waals surface area contributed by atoms with Gasteiger partial charge >= 0.3 is 0 Å². The van der Waals surface area contributed by atoms with Gasteiger partial charge in [0.25, 0.3) is 10.2 Å². The Morgan fingerprint density at radius 3 is 2.59 bits per heavy atom. The predicted octanol–water partition coefficient (Wildman–Crippen LogP) is 2.01. The van der Waals surface area contributed by atoms with Crippen molar-refractivity contribution >= 4 is 33.6 Å². The molecule has 0 aliphatic rings. The van der Waals surface area contributed by atoms with Gasteiger partial charge < -0.3 is 4.98 Å². The van der Waals surface area contributed by atoms with Crippen LogP contribution in [-0.2, 0) is 23.2 Å². The second-order valence-electron chi connectivity index (χ2n) is 5.73. The fraction of sp³-hybridized carbons (Fsp3) is 0.176. The van der Waals surface area contributed by atoms with Gasteiger partial charge in [0.05, 0.1) is 0 Å². The zero-order valence-electron chi connectivity index (χ0n) is 14.3. The van der Waals surface area contributed by atoms with Crippen LogP contribution in [0.25, 0.3) is 22.2 Å². The first-order valence-electron chi connectivity index (χ1n) is 7.86. The number of rotatable bonds is 5. The van der Waals surface area contributed by atoms with E-state index in [1.807, 2.05) is 6.92 Å². The summed E-state index contributed by atoms with van der Waals surface area (Å²) in [6, 6.07) is 8.02. The standard InChI is InChI=1S/C17H17FN4O3S.ClH/c1-2-11-12(4-3-10(16(11)18)9-21-26(19,24)25)13-7-8-20-17-14(13)5-6-15(23)22-17;/h3-8,21H,2,9H2,1H3,(H2,19,24,25)(H,20,22,23);1H. The number of nitrogens with one attached hydrogen (secondary N) is 2. The third kappa shape index (κ3) is 4.51. The van der Waals surface area contributed by atoms with Gasteiger partial charge in [-0.25, -0.2) is 14.5 Å². The lowest BCUT2D eigenvalue weighted by atomic mass is 9.94. The summed E-state index contributed by atoms with van der Waals surface area (Å²) < 4.78 is 39.1. The zero-order chi connectivity index (χ0) is 18.9. The van der Waals surface area contributed by atoms with Crippen LogP contribution in [0.3, 0.4) is 0 Å². The number of H-pyrrole nitrogens is 1. The Balaban J connectivity index is 0.00000261. The summed E-state index contributed by atoms with van der Waals surface area (Å²) in [6.45, 7) is 1.58. The molecule has 1 aromatic carbocycles. The third-order valence-electron chi connectivity index (χ3n) is 4.06. The molecule has 2 heterocycles. The summed E-state index contributed by atoms with van der Waals surface area (Å²) in [5.74, 6) is -0.490. The molecule has 7 nitrogen and oxygen atoms in total. The summed E-state index contributed by atoms with van der Waals surface area (Å²) in [4.78, 5) is 18.3. The van der Waals surface area contributed by atoms with E-state index in [0.717, 1.165) is 5.56 Å². The molecule has 2 aromatic heterocycles. The van der Waals surface area contributed by atoms with Crippen molar-refractivity contribution in [1.29, 1.82) is 0 Å². The maximum absolute atomic E-state index is 14.9. The molecule has 0 saturated carbocycles. The smallest absolute Gasteiger partial charge is 0.274 e. The van der Waals surface area contributed by atoms with E-state index in [9.17, 15) is 17.6 Å². The van der Waals surface area contributed by atoms with Crippen molar-refractivity contribution < 1.29 is 12.8 Å². The molecule has 0 atom stereocenters. The molecule has 0 bridgehead atoms. The lowest BCUT2D eigenvalue weighted by molar-refractivity contribution is 0.572. The number of nitrogens with two attached hydrogens (primary N) is 1. The molecular weight excluding hydrogens is 395 g/mol. The molecule has 3 aromatic rings. The average molecular weight is 413 g/mol. The van der Waals surface area contributed by atoms with Crippen molar-refractivity contribution in [3.63, 3.8) is 0 Å². The number of hydrogen-bond acceptors (Lipinski definition) is 4. The number of benzene rings is 1. The van der Waals surface area contributed by atoms with Crippen LogP contribution in [0.4, 0.5) is 4.39 Å². The molecule has 3 rings (SSSR count). The van der Waals surface area contributed by atoms with E-state index in [1.54, 1.807) is 24.4 Å². The Bertz CT molecular complexity index is 1150. The van der Waals surface area contributed by atoms with E-state index in [2.05, 4.69) is 14.7 Å². The predicted molar refractivity (Wildman–Crippen MR) is 104 cm³/mol. The molecular formula is C17H18ClFN4O3S. The molecule has 0 saturated heterocycles. The van der Waals surface area contributed by atoms with Crippen LogP contribution in [0, 0.1) is 5.82 Å². The van der Waals surface area contributed by atoms with Crippen molar-refractivity contribution in [1.82, 2.24) is 14.7 Å². The Morgan fingerprint density at radius 2 is 1.93 bits per heavy atom. The van der Waals surface area contributed by atoms with Crippen molar-refractivity contribution in [2.24, 2.45) is 5.14 Å². The molecule has 4 N–H and O–H groups in total.